The van der Waals surface area contributed by atoms with Gasteiger partial charge in [0.1, 0.15) is 0 Å². The van der Waals surface area contributed by atoms with Gasteiger partial charge < -0.3 is 15.4 Å². The zero-order valence-electron chi connectivity index (χ0n) is 10.8. The van der Waals surface area contributed by atoms with Crippen molar-refractivity contribution in [1.82, 2.24) is 15.5 Å². The molecule has 1 unspecified atom stereocenters. The van der Waals surface area contributed by atoms with Gasteiger partial charge in [-0.25, -0.2) is 0 Å². The van der Waals surface area contributed by atoms with E-state index in [1.807, 2.05) is 6.92 Å². The first-order valence-corrected chi connectivity index (χ1v) is 8.16. The molecule has 8 heteroatoms. The number of aromatic nitrogens is 2. The molecule has 1 atom stereocenters. The normalized spacial score (nSPS) is 18.5. The average Bonchev–Trinajstić information content (AvgIpc) is 3.06. The average molecular weight is 302 g/mol. The first-order valence-electron chi connectivity index (χ1n) is 6.36. The molecule has 1 aromatic heterocycles. The minimum absolute atomic E-state index is 0.0246. The van der Waals surface area contributed by atoms with E-state index < -0.39 is 0 Å². The summed E-state index contributed by atoms with van der Waals surface area (Å²) in [5.74, 6) is 0.408. The lowest BCUT2D eigenvalue weighted by Gasteiger charge is -2.08. The van der Waals surface area contributed by atoms with E-state index in [9.17, 15) is 4.79 Å². The summed E-state index contributed by atoms with van der Waals surface area (Å²) in [5.41, 5.74) is 0. The molecular formula is C11H18N4O2S2. The second-order valence-corrected chi connectivity index (χ2v) is 6.33. The molecule has 2 rings (SSSR count). The van der Waals surface area contributed by atoms with Gasteiger partial charge in [0.25, 0.3) is 0 Å². The number of nitrogens with one attached hydrogen (secondary N) is 2. The summed E-state index contributed by atoms with van der Waals surface area (Å²) in [6, 6.07) is 0. The summed E-state index contributed by atoms with van der Waals surface area (Å²) in [6.45, 7) is 4.19. The van der Waals surface area contributed by atoms with Gasteiger partial charge in [-0.3, -0.25) is 4.79 Å². The standard InChI is InChI=1S/C11H18N4O2S2/c1-2-12-9(16)7-18-11-15-14-10(19-11)13-6-8-4-3-5-17-8/h8H,2-7H2,1H3,(H,12,16)(H,13,14). The molecule has 106 valence electrons. The molecule has 0 spiro atoms. The Kier molecular flexibility index (Phi) is 5.87. The van der Waals surface area contributed by atoms with Gasteiger partial charge in [-0.15, -0.1) is 10.2 Å². The quantitative estimate of drug-likeness (QED) is 0.741. The number of carbonyl (C=O) groups is 1. The zero-order valence-corrected chi connectivity index (χ0v) is 12.5. The lowest BCUT2D eigenvalue weighted by atomic mass is 10.2. The lowest BCUT2D eigenvalue weighted by molar-refractivity contribution is -0.118. The molecule has 1 aliphatic heterocycles. The van der Waals surface area contributed by atoms with E-state index in [1.165, 1.54) is 23.1 Å². The van der Waals surface area contributed by atoms with Crippen molar-refractivity contribution in [3.8, 4) is 0 Å². The molecule has 0 saturated carbocycles. The van der Waals surface area contributed by atoms with Crippen LogP contribution in [0.4, 0.5) is 5.13 Å². The van der Waals surface area contributed by atoms with Gasteiger partial charge in [0.2, 0.25) is 11.0 Å². The maximum Gasteiger partial charge on any atom is 0.230 e. The topological polar surface area (TPSA) is 76.1 Å². The van der Waals surface area contributed by atoms with Crippen LogP contribution in [0.5, 0.6) is 0 Å². The predicted octanol–water partition coefficient (Wildman–Crippen LogP) is 1.36. The molecule has 2 heterocycles. The zero-order chi connectivity index (χ0) is 13.5. The largest absolute Gasteiger partial charge is 0.376 e. The molecule has 1 aromatic rings. The molecule has 6 nitrogen and oxygen atoms in total. The second-order valence-electron chi connectivity index (χ2n) is 4.13. The number of rotatable bonds is 7. The van der Waals surface area contributed by atoms with E-state index in [2.05, 4.69) is 20.8 Å². The van der Waals surface area contributed by atoms with Crippen molar-refractivity contribution < 1.29 is 9.53 Å². The van der Waals surface area contributed by atoms with Gasteiger partial charge in [-0.05, 0) is 19.8 Å². The minimum Gasteiger partial charge on any atom is -0.376 e. The summed E-state index contributed by atoms with van der Waals surface area (Å²) in [7, 11) is 0. The van der Waals surface area contributed by atoms with Crippen molar-refractivity contribution in [2.75, 3.05) is 30.8 Å². The second kappa shape index (κ2) is 7.66. The third-order valence-corrected chi connectivity index (χ3v) is 4.63. The summed E-state index contributed by atoms with van der Waals surface area (Å²) in [4.78, 5) is 11.3. The molecule has 1 aliphatic rings. The minimum atomic E-state index is 0.0246. The first kappa shape index (κ1) is 14.5. The fourth-order valence-corrected chi connectivity index (χ4v) is 3.31. The Bertz CT molecular complexity index is 407. The predicted molar refractivity (Wildman–Crippen MR) is 76.8 cm³/mol. The molecule has 1 fully saturated rings. The van der Waals surface area contributed by atoms with Crippen molar-refractivity contribution in [2.24, 2.45) is 0 Å². The van der Waals surface area contributed by atoms with Crippen molar-refractivity contribution in [2.45, 2.75) is 30.2 Å². The summed E-state index contributed by atoms with van der Waals surface area (Å²) >= 11 is 2.88. The maximum atomic E-state index is 11.3. The van der Waals surface area contributed by atoms with Crippen LogP contribution in [0, 0.1) is 0 Å². The van der Waals surface area contributed by atoms with Crippen LogP contribution in [0.25, 0.3) is 0 Å². The molecule has 0 aliphatic carbocycles. The molecule has 2 N–H and O–H groups in total. The van der Waals surface area contributed by atoms with E-state index >= 15 is 0 Å². The molecule has 0 aromatic carbocycles. The van der Waals surface area contributed by atoms with Crippen LogP contribution in [0.3, 0.4) is 0 Å². The summed E-state index contributed by atoms with van der Waals surface area (Å²) < 4.78 is 6.33. The first-order chi connectivity index (χ1) is 9.28. The summed E-state index contributed by atoms with van der Waals surface area (Å²) in [5, 5.41) is 14.9. The van der Waals surface area contributed by atoms with Crippen molar-refractivity contribution >= 4 is 34.1 Å². The highest BCUT2D eigenvalue weighted by molar-refractivity contribution is 8.01. The number of nitrogens with zero attached hydrogens (tertiary/aromatic N) is 2. The van der Waals surface area contributed by atoms with Gasteiger partial charge in [0.15, 0.2) is 4.34 Å². The fourth-order valence-electron chi connectivity index (χ4n) is 1.72. The van der Waals surface area contributed by atoms with E-state index in [0.717, 1.165) is 35.5 Å². The number of thioether (sulfide) groups is 1. The number of ether oxygens (including phenoxy) is 1. The van der Waals surface area contributed by atoms with Crippen LogP contribution < -0.4 is 10.6 Å². The number of hydrogen-bond donors (Lipinski definition) is 2. The van der Waals surface area contributed by atoms with Gasteiger partial charge in [0, 0.05) is 19.7 Å². The van der Waals surface area contributed by atoms with E-state index in [1.54, 1.807) is 0 Å². The Balaban J connectivity index is 1.70. The van der Waals surface area contributed by atoms with Crippen LogP contribution in [0.15, 0.2) is 4.34 Å². The number of anilines is 1. The van der Waals surface area contributed by atoms with Crippen LogP contribution in [-0.4, -0.2) is 47.7 Å². The molecule has 1 saturated heterocycles. The molecule has 0 bridgehead atoms. The Hall–Kier alpha value is -0.860. The van der Waals surface area contributed by atoms with Crippen LogP contribution in [0.2, 0.25) is 0 Å². The van der Waals surface area contributed by atoms with Crippen LogP contribution in [-0.2, 0) is 9.53 Å². The highest BCUT2D eigenvalue weighted by atomic mass is 32.2. The molecule has 0 radical (unpaired) electrons. The van der Waals surface area contributed by atoms with E-state index in [0.29, 0.717) is 12.3 Å². The lowest BCUT2D eigenvalue weighted by Crippen LogP contribution is -2.24. The van der Waals surface area contributed by atoms with Gasteiger partial charge >= 0.3 is 0 Å². The van der Waals surface area contributed by atoms with Crippen molar-refractivity contribution in [3.63, 3.8) is 0 Å². The van der Waals surface area contributed by atoms with Crippen LogP contribution in [0.1, 0.15) is 19.8 Å². The third-order valence-electron chi connectivity index (χ3n) is 2.61. The highest BCUT2D eigenvalue weighted by Crippen LogP contribution is 2.25. The maximum absolute atomic E-state index is 11.3. The third kappa shape index (κ3) is 4.96. The van der Waals surface area contributed by atoms with Gasteiger partial charge in [-0.1, -0.05) is 23.1 Å². The SMILES string of the molecule is CCNC(=O)CSc1nnc(NCC2CCCO2)s1. The van der Waals surface area contributed by atoms with E-state index in [4.69, 9.17) is 4.74 Å². The Labute approximate surface area is 120 Å². The Morgan fingerprint density at radius 2 is 2.47 bits per heavy atom. The molecule has 1 amide bonds. The fraction of sp³-hybridized carbons (Fsp3) is 0.727. The van der Waals surface area contributed by atoms with Gasteiger partial charge in [-0.2, -0.15) is 0 Å². The monoisotopic (exact) mass is 302 g/mol. The van der Waals surface area contributed by atoms with E-state index in [-0.39, 0.29) is 12.0 Å². The van der Waals surface area contributed by atoms with Crippen molar-refractivity contribution in [3.05, 3.63) is 0 Å². The molecule has 19 heavy (non-hydrogen) atoms. The Morgan fingerprint density at radius 1 is 1.58 bits per heavy atom. The Morgan fingerprint density at radius 3 is 3.21 bits per heavy atom. The smallest absolute Gasteiger partial charge is 0.230 e. The number of carbonyl (C=O) groups excluding carboxylic acids is 1. The molecular weight excluding hydrogens is 284 g/mol. The van der Waals surface area contributed by atoms with Crippen LogP contribution >= 0.6 is 23.1 Å². The number of hydrogen-bond acceptors (Lipinski definition) is 7. The highest BCUT2D eigenvalue weighted by Gasteiger charge is 2.16. The van der Waals surface area contributed by atoms with Gasteiger partial charge in [0.05, 0.1) is 11.9 Å². The number of amides is 1. The van der Waals surface area contributed by atoms with Crippen molar-refractivity contribution in [1.29, 1.82) is 0 Å². The summed E-state index contributed by atoms with van der Waals surface area (Å²) in [6.07, 6.45) is 2.52.